The third-order valence-electron chi connectivity index (χ3n) is 5.48. The Morgan fingerprint density at radius 3 is 2.66 bits per heavy atom. The zero-order chi connectivity index (χ0) is 22.8. The number of ether oxygens (including phenoxy) is 1. The molecule has 3 aromatic rings. The average Bonchev–Trinajstić information content (AvgIpc) is 3.34. The zero-order valence-corrected chi connectivity index (χ0v) is 17.0. The minimum Gasteiger partial charge on any atom is -0.394 e. The Morgan fingerprint density at radius 1 is 1.25 bits per heavy atom. The maximum absolute atomic E-state index is 12.9. The van der Waals surface area contributed by atoms with Crippen LogP contribution < -0.4 is 16.6 Å². The van der Waals surface area contributed by atoms with Crippen LogP contribution in [0.3, 0.4) is 0 Å². The van der Waals surface area contributed by atoms with Gasteiger partial charge < -0.3 is 30.6 Å². The second kappa shape index (κ2) is 9.14. The Labute approximate surface area is 181 Å². The summed E-state index contributed by atoms with van der Waals surface area (Å²) in [5, 5.41) is 32.5. The Morgan fingerprint density at radius 2 is 2.00 bits per heavy atom. The number of fused-ring (bicyclic) bond motifs is 1. The summed E-state index contributed by atoms with van der Waals surface area (Å²) in [6.07, 6.45) is -2.31. The molecule has 0 radical (unpaired) electrons. The number of imidazole rings is 1. The van der Waals surface area contributed by atoms with Crippen molar-refractivity contribution in [1.82, 2.24) is 24.4 Å². The van der Waals surface area contributed by atoms with Crippen LogP contribution in [-0.4, -0.2) is 71.7 Å². The monoisotopic (exact) mass is 444 g/mol. The molecule has 1 fully saturated rings. The van der Waals surface area contributed by atoms with Crippen molar-refractivity contribution in [2.45, 2.75) is 43.7 Å². The number of nitrogen functional groups attached to an aromatic ring is 1. The highest BCUT2D eigenvalue weighted by Crippen LogP contribution is 2.30. The van der Waals surface area contributed by atoms with Gasteiger partial charge in [-0.2, -0.15) is 4.98 Å². The largest absolute Gasteiger partial charge is 0.394 e. The van der Waals surface area contributed by atoms with E-state index >= 15 is 0 Å². The molecule has 12 heteroatoms. The first-order valence-corrected chi connectivity index (χ1v) is 10.0. The highest BCUT2D eigenvalue weighted by Gasteiger charge is 2.44. The second-order valence-corrected chi connectivity index (χ2v) is 7.55. The van der Waals surface area contributed by atoms with E-state index in [2.05, 4.69) is 15.3 Å². The molecule has 2 aromatic heterocycles. The molecule has 4 rings (SSSR count). The Balaban J connectivity index is 1.57. The number of nitrogens with two attached hydrogens (primary N) is 1. The molecule has 5 atom stereocenters. The molecule has 0 spiro atoms. The van der Waals surface area contributed by atoms with Crippen LogP contribution in [0.15, 0.2) is 41.5 Å². The van der Waals surface area contributed by atoms with Crippen molar-refractivity contribution in [2.24, 2.45) is 0 Å². The molecule has 1 unspecified atom stereocenters. The fraction of sp³-hybridized carbons (Fsp3) is 0.400. The Bertz CT molecular complexity index is 1150. The van der Waals surface area contributed by atoms with Crippen molar-refractivity contribution in [3.63, 3.8) is 0 Å². The normalized spacial score (nSPS) is 24.1. The molecular weight excluding hydrogens is 420 g/mol. The highest BCUT2D eigenvalue weighted by molar-refractivity contribution is 5.71. The fourth-order valence-electron chi connectivity index (χ4n) is 3.71. The number of aliphatic hydroxyl groups excluding tert-OH is 3. The number of carbonyl (C=O) groups excluding carboxylic acids is 1. The summed E-state index contributed by atoms with van der Waals surface area (Å²) in [5.74, 6) is -0.132. The summed E-state index contributed by atoms with van der Waals surface area (Å²) >= 11 is 0. The molecule has 12 nitrogen and oxygen atoms in total. The molecule has 3 heterocycles. The van der Waals surface area contributed by atoms with Crippen LogP contribution in [-0.2, 0) is 22.6 Å². The number of aldehydes is 1. The van der Waals surface area contributed by atoms with Crippen LogP contribution in [0.25, 0.3) is 11.2 Å². The average molecular weight is 444 g/mol. The quantitative estimate of drug-likeness (QED) is 0.248. The van der Waals surface area contributed by atoms with E-state index in [9.17, 15) is 24.9 Å². The van der Waals surface area contributed by atoms with Crippen molar-refractivity contribution >= 4 is 23.4 Å². The van der Waals surface area contributed by atoms with E-state index in [1.807, 2.05) is 30.3 Å². The number of rotatable bonds is 8. The minimum absolute atomic E-state index is 0.0237. The molecule has 1 aliphatic heterocycles. The third kappa shape index (κ3) is 4.01. The lowest BCUT2D eigenvalue weighted by molar-refractivity contribution is -0.109. The van der Waals surface area contributed by atoms with Gasteiger partial charge in [0.05, 0.1) is 25.6 Å². The van der Waals surface area contributed by atoms with E-state index in [0.717, 1.165) is 16.4 Å². The van der Waals surface area contributed by atoms with Crippen molar-refractivity contribution < 1.29 is 24.9 Å². The van der Waals surface area contributed by atoms with Gasteiger partial charge in [0.15, 0.2) is 17.4 Å². The van der Waals surface area contributed by atoms with Gasteiger partial charge in [-0.1, -0.05) is 30.3 Å². The second-order valence-electron chi connectivity index (χ2n) is 7.55. The zero-order valence-electron chi connectivity index (χ0n) is 17.0. The topological polar surface area (TPSA) is 178 Å². The molecule has 0 aliphatic carbocycles. The van der Waals surface area contributed by atoms with Crippen molar-refractivity contribution in [1.29, 1.82) is 0 Å². The van der Waals surface area contributed by atoms with E-state index in [1.165, 1.54) is 10.9 Å². The fourth-order valence-corrected chi connectivity index (χ4v) is 3.71. The van der Waals surface area contributed by atoms with Gasteiger partial charge in [-0.25, -0.2) is 4.98 Å². The van der Waals surface area contributed by atoms with Gasteiger partial charge in [0.25, 0.3) is 5.56 Å². The van der Waals surface area contributed by atoms with E-state index in [0.29, 0.717) is 6.42 Å². The number of nitrogens with zero attached hydrogens (tertiary/aromatic N) is 4. The maximum Gasteiger partial charge on any atom is 0.284 e. The van der Waals surface area contributed by atoms with Crippen LogP contribution in [0, 0.1) is 0 Å². The van der Waals surface area contributed by atoms with E-state index < -0.39 is 42.7 Å². The molecule has 1 aliphatic rings. The van der Waals surface area contributed by atoms with Gasteiger partial charge in [0.1, 0.15) is 24.6 Å². The number of benzene rings is 1. The predicted octanol–water partition coefficient (Wildman–Crippen LogP) is -1.86. The van der Waals surface area contributed by atoms with Gasteiger partial charge in [-0.3, -0.25) is 19.2 Å². The van der Waals surface area contributed by atoms with Gasteiger partial charge in [-0.05, 0) is 12.0 Å². The summed E-state index contributed by atoms with van der Waals surface area (Å²) in [5.41, 5.74) is 6.46. The number of anilines is 1. The lowest BCUT2D eigenvalue weighted by Gasteiger charge is -2.18. The van der Waals surface area contributed by atoms with E-state index in [4.69, 9.17) is 10.5 Å². The third-order valence-corrected chi connectivity index (χ3v) is 5.48. The molecule has 1 aromatic carbocycles. The van der Waals surface area contributed by atoms with Gasteiger partial charge in [0.2, 0.25) is 5.95 Å². The SMILES string of the molecule is Nc1nc2c(ncn2[C@@H]2O[C@H](CO)[C@H](O)C2O)c(=O)n1CN[C@@H](C=O)Cc1ccccc1. The maximum atomic E-state index is 12.9. The number of hydrogen-bond donors (Lipinski definition) is 5. The Kier molecular flexibility index (Phi) is 6.30. The summed E-state index contributed by atoms with van der Waals surface area (Å²) < 4.78 is 7.92. The minimum atomic E-state index is -1.36. The molecule has 0 amide bonds. The molecular formula is C20H24N6O6. The molecule has 32 heavy (non-hydrogen) atoms. The van der Waals surface area contributed by atoms with Crippen LogP contribution in [0.2, 0.25) is 0 Å². The van der Waals surface area contributed by atoms with Crippen molar-refractivity contribution in [3.8, 4) is 0 Å². The standard InChI is InChI=1S/C20H24N6O6/c21-20-24-17-14(23-10-25(17)19-16(30)15(29)13(8-28)32-19)18(31)26(20)9-22-12(7-27)6-11-4-2-1-3-5-11/h1-5,7,10,12-13,15-16,19,22,28-30H,6,8-9H2,(H2,21,24)/t12-,13-,15+,16?,19-/m1/s1. The summed E-state index contributed by atoms with van der Waals surface area (Å²) in [6, 6.07) is 8.89. The molecule has 6 N–H and O–H groups in total. The van der Waals surface area contributed by atoms with Gasteiger partial charge in [-0.15, -0.1) is 0 Å². The lowest BCUT2D eigenvalue weighted by Crippen LogP contribution is -2.38. The highest BCUT2D eigenvalue weighted by atomic mass is 16.6. The summed E-state index contributed by atoms with van der Waals surface area (Å²) in [6.45, 7) is -0.555. The van der Waals surface area contributed by atoms with Crippen LogP contribution in [0.5, 0.6) is 0 Å². The van der Waals surface area contributed by atoms with Gasteiger partial charge >= 0.3 is 0 Å². The van der Waals surface area contributed by atoms with E-state index in [-0.39, 0.29) is 23.8 Å². The lowest BCUT2D eigenvalue weighted by atomic mass is 10.1. The van der Waals surface area contributed by atoms with Gasteiger partial charge in [0, 0.05) is 0 Å². The first-order valence-electron chi connectivity index (χ1n) is 10.0. The smallest absolute Gasteiger partial charge is 0.284 e. The van der Waals surface area contributed by atoms with Crippen LogP contribution in [0.4, 0.5) is 5.95 Å². The first kappa shape index (κ1) is 22.0. The molecule has 0 bridgehead atoms. The summed E-state index contributed by atoms with van der Waals surface area (Å²) in [4.78, 5) is 32.7. The van der Waals surface area contributed by atoms with E-state index in [1.54, 1.807) is 0 Å². The number of carbonyl (C=O) groups is 1. The number of aliphatic hydroxyl groups is 3. The Hall–Kier alpha value is -3.16. The number of aromatic nitrogens is 4. The van der Waals surface area contributed by atoms with Crippen LogP contribution >= 0.6 is 0 Å². The molecule has 170 valence electrons. The predicted molar refractivity (Wildman–Crippen MR) is 112 cm³/mol. The number of hydrogen-bond acceptors (Lipinski definition) is 10. The van der Waals surface area contributed by atoms with Crippen LogP contribution in [0.1, 0.15) is 11.8 Å². The molecule has 0 saturated carbocycles. The first-order chi connectivity index (χ1) is 15.4. The van der Waals surface area contributed by atoms with Crippen molar-refractivity contribution in [2.75, 3.05) is 12.3 Å². The number of nitrogens with one attached hydrogen (secondary N) is 1. The van der Waals surface area contributed by atoms with Crippen molar-refractivity contribution in [3.05, 3.63) is 52.6 Å². The summed E-state index contributed by atoms with van der Waals surface area (Å²) in [7, 11) is 0. The molecule has 1 saturated heterocycles.